The van der Waals surface area contributed by atoms with Crippen LogP contribution in [-0.4, -0.2) is 12.6 Å². The fourth-order valence-electron chi connectivity index (χ4n) is 2.86. The van der Waals surface area contributed by atoms with Crippen molar-refractivity contribution in [1.82, 2.24) is 5.32 Å². The molecule has 0 aliphatic heterocycles. The first-order chi connectivity index (χ1) is 10.0. The first-order valence-corrected chi connectivity index (χ1v) is 8.12. The zero-order valence-electron chi connectivity index (χ0n) is 13.8. The van der Waals surface area contributed by atoms with Gasteiger partial charge in [-0.2, -0.15) is 0 Å². The summed E-state index contributed by atoms with van der Waals surface area (Å²) in [7, 11) is 0. The molecule has 1 unspecified atom stereocenters. The van der Waals surface area contributed by atoms with Gasteiger partial charge in [-0.25, -0.2) is 4.39 Å². The highest BCUT2D eigenvalue weighted by molar-refractivity contribution is 5.26. The highest BCUT2D eigenvalue weighted by atomic mass is 19.1. The summed E-state index contributed by atoms with van der Waals surface area (Å²) in [6.07, 6.45) is 7.93. The van der Waals surface area contributed by atoms with Gasteiger partial charge >= 0.3 is 0 Å². The summed E-state index contributed by atoms with van der Waals surface area (Å²) in [5, 5.41) is 3.61. The quantitative estimate of drug-likeness (QED) is 0.460. The molecule has 0 bridgehead atoms. The predicted octanol–water partition coefficient (Wildman–Crippen LogP) is 5.22. The van der Waals surface area contributed by atoms with Gasteiger partial charge in [-0.15, -0.1) is 6.58 Å². The molecule has 0 spiro atoms. The molecule has 1 aromatic rings. The third-order valence-electron chi connectivity index (χ3n) is 4.31. The van der Waals surface area contributed by atoms with E-state index in [-0.39, 0.29) is 11.2 Å². The third kappa shape index (κ3) is 5.62. The molecule has 0 aliphatic rings. The molecule has 0 amide bonds. The molecule has 0 heterocycles. The largest absolute Gasteiger partial charge is 0.313 e. The minimum Gasteiger partial charge on any atom is -0.313 e. The Hall–Kier alpha value is -1.15. The summed E-state index contributed by atoms with van der Waals surface area (Å²) in [6.45, 7) is 11.4. The second kappa shape index (κ2) is 8.99. The van der Waals surface area contributed by atoms with Crippen molar-refractivity contribution in [2.45, 2.75) is 64.3 Å². The van der Waals surface area contributed by atoms with Gasteiger partial charge < -0.3 is 5.32 Å². The van der Waals surface area contributed by atoms with E-state index in [1.807, 2.05) is 18.2 Å². The lowest BCUT2D eigenvalue weighted by Crippen LogP contribution is -2.44. The lowest BCUT2D eigenvalue weighted by molar-refractivity contribution is 0.318. The van der Waals surface area contributed by atoms with Gasteiger partial charge in [-0.3, -0.25) is 0 Å². The van der Waals surface area contributed by atoms with Crippen molar-refractivity contribution in [2.75, 3.05) is 6.54 Å². The number of nitrogens with one attached hydrogen (secondary N) is 1. The van der Waals surface area contributed by atoms with Crippen LogP contribution in [0.4, 0.5) is 4.39 Å². The zero-order valence-corrected chi connectivity index (χ0v) is 13.8. The molecule has 0 saturated carbocycles. The SMILES string of the molecule is C=CCCCCCC(NCC)C(C)(C)c1ccc(F)cc1. The Kier molecular flexibility index (Phi) is 7.66. The van der Waals surface area contributed by atoms with E-state index in [4.69, 9.17) is 0 Å². The number of hydrogen-bond acceptors (Lipinski definition) is 1. The first kappa shape index (κ1) is 17.9. The Morgan fingerprint density at radius 2 is 1.86 bits per heavy atom. The van der Waals surface area contributed by atoms with Crippen LogP contribution < -0.4 is 5.32 Å². The number of hydrogen-bond donors (Lipinski definition) is 1. The van der Waals surface area contributed by atoms with Gasteiger partial charge in [0, 0.05) is 11.5 Å². The van der Waals surface area contributed by atoms with Gasteiger partial charge in [0.1, 0.15) is 5.82 Å². The molecule has 0 fully saturated rings. The lowest BCUT2D eigenvalue weighted by atomic mass is 9.75. The second-order valence-corrected chi connectivity index (χ2v) is 6.27. The zero-order chi connectivity index (χ0) is 15.7. The number of allylic oxidation sites excluding steroid dienone is 1. The normalized spacial score (nSPS) is 13.1. The van der Waals surface area contributed by atoms with Crippen LogP contribution in [-0.2, 0) is 5.41 Å². The summed E-state index contributed by atoms with van der Waals surface area (Å²) in [6, 6.07) is 7.36. The molecule has 0 aromatic heterocycles. The van der Waals surface area contributed by atoms with Crippen LogP contribution in [0.1, 0.15) is 58.4 Å². The Balaban J connectivity index is 2.67. The van der Waals surface area contributed by atoms with E-state index >= 15 is 0 Å². The van der Waals surface area contributed by atoms with Gasteiger partial charge in [0.15, 0.2) is 0 Å². The average molecular weight is 291 g/mol. The highest BCUT2D eigenvalue weighted by Gasteiger charge is 2.30. The molecule has 0 saturated heterocycles. The van der Waals surface area contributed by atoms with Crippen LogP contribution in [0.2, 0.25) is 0 Å². The van der Waals surface area contributed by atoms with Gasteiger partial charge in [0.2, 0.25) is 0 Å². The van der Waals surface area contributed by atoms with Crippen molar-refractivity contribution in [3.8, 4) is 0 Å². The monoisotopic (exact) mass is 291 g/mol. The van der Waals surface area contributed by atoms with Crippen molar-refractivity contribution in [3.63, 3.8) is 0 Å². The number of unbranched alkanes of at least 4 members (excludes halogenated alkanes) is 3. The third-order valence-corrected chi connectivity index (χ3v) is 4.31. The van der Waals surface area contributed by atoms with E-state index in [1.165, 1.54) is 24.8 Å². The number of benzene rings is 1. The van der Waals surface area contributed by atoms with Crippen molar-refractivity contribution in [2.24, 2.45) is 0 Å². The van der Waals surface area contributed by atoms with Crippen LogP contribution in [0.25, 0.3) is 0 Å². The molecule has 2 heteroatoms. The summed E-state index contributed by atoms with van der Waals surface area (Å²) in [5.74, 6) is -0.168. The van der Waals surface area contributed by atoms with E-state index in [0.717, 1.165) is 19.4 Å². The second-order valence-electron chi connectivity index (χ2n) is 6.27. The van der Waals surface area contributed by atoms with Crippen molar-refractivity contribution >= 4 is 0 Å². The van der Waals surface area contributed by atoms with Gasteiger partial charge in [-0.05, 0) is 43.5 Å². The number of halogens is 1. The standard InChI is InChI=1S/C19H30FN/c1-5-7-8-9-10-11-18(21-6-2)19(3,4)16-12-14-17(20)15-13-16/h5,12-15,18,21H,1,6-11H2,2-4H3. The summed E-state index contributed by atoms with van der Waals surface area (Å²) in [4.78, 5) is 0. The van der Waals surface area contributed by atoms with E-state index in [2.05, 4.69) is 32.7 Å². The molecule has 21 heavy (non-hydrogen) atoms. The van der Waals surface area contributed by atoms with E-state index in [0.29, 0.717) is 6.04 Å². The Bertz CT molecular complexity index is 408. The van der Waals surface area contributed by atoms with Crippen molar-refractivity contribution in [3.05, 3.63) is 48.3 Å². The fourth-order valence-corrected chi connectivity index (χ4v) is 2.86. The maximum absolute atomic E-state index is 13.1. The number of likely N-dealkylation sites (N-methyl/N-ethyl adjacent to an activating group) is 1. The predicted molar refractivity (Wildman–Crippen MR) is 90.2 cm³/mol. The van der Waals surface area contributed by atoms with Gasteiger partial charge in [0.05, 0.1) is 0 Å². The topological polar surface area (TPSA) is 12.0 Å². The average Bonchev–Trinajstić information content (AvgIpc) is 2.46. The van der Waals surface area contributed by atoms with E-state index < -0.39 is 0 Å². The Morgan fingerprint density at radius 3 is 2.43 bits per heavy atom. The smallest absolute Gasteiger partial charge is 0.123 e. The van der Waals surface area contributed by atoms with Crippen LogP contribution in [0.15, 0.2) is 36.9 Å². The van der Waals surface area contributed by atoms with Crippen molar-refractivity contribution in [1.29, 1.82) is 0 Å². The molecule has 1 aromatic carbocycles. The summed E-state index contributed by atoms with van der Waals surface area (Å²) < 4.78 is 13.1. The molecular formula is C19H30FN. The summed E-state index contributed by atoms with van der Waals surface area (Å²) >= 11 is 0. The van der Waals surface area contributed by atoms with Crippen LogP contribution in [0, 0.1) is 5.82 Å². The molecule has 118 valence electrons. The Morgan fingerprint density at radius 1 is 1.19 bits per heavy atom. The highest BCUT2D eigenvalue weighted by Crippen LogP contribution is 2.30. The van der Waals surface area contributed by atoms with E-state index in [1.54, 1.807) is 12.1 Å². The molecule has 1 rings (SSSR count). The van der Waals surface area contributed by atoms with Crippen LogP contribution in [0.5, 0.6) is 0 Å². The van der Waals surface area contributed by atoms with Crippen LogP contribution in [0.3, 0.4) is 0 Å². The van der Waals surface area contributed by atoms with Crippen LogP contribution >= 0.6 is 0 Å². The maximum atomic E-state index is 13.1. The summed E-state index contributed by atoms with van der Waals surface area (Å²) in [5.41, 5.74) is 1.20. The molecule has 1 atom stereocenters. The lowest BCUT2D eigenvalue weighted by Gasteiger charge is -2.36. The number of rotatable bonds is 10. The van der Waals surface area contributed by atoms with Crippen molar-refractivity contribution < 1.29 is 4.39 Å². The Labute approximate surface area is 129 Å². The fraction of sp³-hybridized carbons (Fsp3) is 0.579. The first-order valence-electron chi connectivity index (χ1n) is 8.12. The molecular weight excluding hydrogens is 261 g/mol. The maximum Gasteiger partial charge on any atom is 0.123 e. The minimum absolute atomic E-state index is 0.00213. The van der Waals surface area contributed by atoms with Gasteiger partial charge in [-0.1, -0.05) is 51.8 Å². The minimum atomic E-state index is -0.168. The van der Waals surface area contributed by atoms with E-state index in [9.17, 15) is 4.39 Å². The molecule has 0 aliphatic carbocycles. The molecule has 1 N–H and O–H groups in total. The van der Waals surface area contributed by atoms with Gasteiger partial charge in [0.25, 0.3) is 0 Å². The molecule has 0 radical (unpaired) electrons. The molecule has 1 nitrogen and oxygen atoms in total.